The molecule has 1 aliphatic rings. The predicted molar refractivity (Wildman–Crippen MR) is 109 cm³/mol. The van der Waals surface area contributed by atoms with Gasteiger partial charge in [0.15, 0.2) is 0 Å². The standard InChI is InChI=1S/C20H21Cl3N2O/c1-13-10-15(21)7-8-19(13)24-20(26)14-4-3-9-25(11-14)12-16-17(22)5-2-6-18(16)23/h2,5-8,10,14H,3-4,9,11-12H2,1H3,(H,24,26)/t14-/m1/s1. The SMILES string of the molecule is Cc1cc(Cl)ccc1NC(=O)[C@@H]1CCCN(Cc2c(Cl)cccc2Cl)C1. The molecule has 1 atom stereocenters. The maximum atomic E-state index is 12.7. The van der Waals surface area contributed by atoms with Crippen LogP contribution in [-0.2, 0) is 11.3 Å². The van der Waals surface area contributed by atoms with Gasteiger partial charge in [-0.3, -0.25) is 9.69 Å². The molecule has 1 saturated heterocycles. The van der Waals surface area contributed by atoms with Crippen LogP contribution in [0, 0.1) is 12.8 Å². The van der Waals surface area contributed by atoms with Crippen LogP contribution in [-0.4, -0.2) is 23.9 Å². The normalized spacial score (nSPS) is 17.9. The molecular formula is C20H21Cl3N2O. The predicted octanol–water partition coefficient (Wildman–Crippen LogP) is 5.81. The number of likely N-dealkylation sites (tertiary alicyclic amines) is 1. The van der Waals surface area contributed by atoms with Crippen molar-refractivity contribution in [2.45, 2.75) is 26.3 Å². The van der Waals surface area contributed by atoms with Gasteiger partial charge in [0.1, 0.15) is 0 Å². The second-order valence-electron chi connectivity index (χ2n) is 6.72. The van der Waals surface area contributed by atoms with Crippen LogP contribution >= 0.6 is 34.8 Å². The molecule has 3 nitrogen and oxygen atoms in total. The molecule has 0 unspecified atom stereocenters. The third-order valence-electron chi connectivity index (χ3n) is 4.77. The zero-order valence-electron chi connectivity index (χ0n) is 14.6. The summed E-state index contributed by atoms with van der Waals surface area (Å²) in [7, 11) is 0. The van der Waals surface area contributed by atoms with Crippen LogP contribution in [0.25, 0.3) is 0 Å². The van der Waals surface area contributed by atoms with E-state index in [2.05, 4.69) is 10.2 Å². The first-order chi connectivity index (χ1) is 12.4. The molecule has 138 valence electrons. The number of hydrogen-bond acceptors (Lipinski definition) is 2. The van der Waals surface area contributed by atoms with E-state index < -0.39 is 0 Å². The number of piperidine rings is 1. The molecule has 2 aromatic rings. The van der Waals surface area contributed by atoms with E-state index in [1.807, 2.05) is 37.3 Å². The highest BCUT2D eigenvalue weighted by Crippen LogP contribution is 2.28. The summed E-state index contributed by atoms with van der Waals surface area (Å²) in [6.07, 6.45) is 1.85. The van der Waals surface area contributed by atoms with E-state index in [1.54, 1.807) is 6.07 Å². The van der Waals surface area contributed by atoms with Crippen molar-refractivity contribution in [1.82, 2.24) is 4.90 Å². The Bertz CT molecular complexity index is 789. The number of nitrogens with zero attached hydrogens (tertiary/aromatic N) is 1. The summed E-state index contributed by atoms with van der Waals surface area (Å²) in [5, 5.41) is 5.04. The minimum Gasteiger partial charge on any atom is -0.326 e. The van der Waals surface area contributed by atoms with Crippen molar-refractivity contribution in [3.8, 4) is 0 Å². The van der Waals surface area contributed by atoms with Crippen LogP contribution in [0.2, 0.25) is 15.1 Å². The molecule has 1 fully saturated rings. The Morgan fingerprint density at radius 3 is 2.62 bits per heavy atom. The third-order valence-corrected chi connectivity index (χ3v) is 5.71. The fourth-order valence-corrected chi connectivity index (χ4v) is 4.07. The van der Waals surface area contributed by atoms with E-state index >= 15 is 0 Å². The lowest BCUT2D eigenvalue weighted by molar-refractivity contribution is -0.121. The highest BCUT2D eigenvalue weighted by atomic mass is 35.5. The van der Waals surface area contributed by atoms with Gasteiger partial charge in [0.25, 0.3) is 0 Å². The number of nitrogens with one attached hydrogen (secondary N) is 1. The Balaban J connectivity index is 1.65. The number of anilines is 1. The Morgan fingerprint density at radius 1 is 1.19 bits per heavy atom. The molecule has 3 rings (SSSR count). The van der Waals surface area contributed by atoms with Crippen LogP contribution in [0.3, 0.4) is 0 Å². The lowest BCUT2D eigenvalue weighted by Gasteiger charge is -2.32. The van der Waals surface area contributed by atoms with Crippen molar-refractivity contribution in [2.75, 3.05) is 18.4 Å². The third kappa shape index (κ3) is 4.72. The van der Waals surface area contributed by atoms with Gasteiger partial charge in [0, 0.05) is 39.4 Å². The quantitative estimate of drug-likeness (QED) is 0.689. The number of benzene rings is 2. The van der Waals surface area contributed by atoms with Crippen molar-refractivity contribution in [3.63, 3.8) is 0 Å². The summed E-state index contributed by atoms with van der Waals surface area (Å²) in [6.45, 7) is 4.22. The first-order valence-electron chi connectivity index (χ1n) is 8.66. The summed E-state index contributed by atoms with van der Waals surface area (Å²) < 4.78 is 0. The summed E-state index contributed by atoms with van der Waals surface area (Å²) in [5.41, 5.74) is 2.69. The number of halogens is 3. The van der Waals surface area contributed by atoms with Crippen LogP contribution in [0.15, 0.2) is 36.4 Å². The lowest BCUT2D eigenvalue weighted by Crippen LogP contribution is -2.40. The first kappa shape index (κ1) is 19.5. The summed E-state index contributed by atoms with van der Waals surface area (Å²) in [5.74, 6) is -0.00882. The Morgan fingerprint density at radius 2 is 1.92 bits per heavy atom. The van der Waals surface area contributed by atoms with Gasteiger partial charge in [0.05, 0.1) is 5.92 Å². The largest absolute Gasteiger partial charge is 0.326 e. The second-order valence-corrected chi connectivity index (χ2v) is 7.97. The molecule has 0 saturated carbocycles. The minimum absolute atomic E-state index is 0.0466. The van der Waals surface area contributed by atoms with E-state index in [1.165, 1.54) is 0 Å². The first-order valence-corrected chi connectivity index (χ1v) is 9.79. The van der Waals surface area contributed by atoms with E-state index in [9.17, 15) is 4.79 Å². The van der Waals surface area contributed by atoms with Gasteiger partial charge in [-0.25, -0.2) is 0 Å². The molecule has 0 aromatic heterocycles. The Labute approximate surface area is 169 Å². The van der Waals surface area contributed by atoms with Crippen LogP contribution in [0.5, 0.6) is 0 Å². The van der Waals surface area contributed by atoms with Crippen LogP contribution < -0.4 is 5.32 Å². The number of hydrogen-bond donors (Lipinski definition) is 1. The zero-order chi connectivity index (χ0) is 18.7. The highest BCUT2D eigenvalue weighted by Gasteiger charge is 2.26. The van der Waals surface area contributed by atoms with E-state index in [0.29, 0.717) is 28.2 Å². The van der Waals surface area contributed by atoms with Crippen molar-refractivity contribution >= 4 is 46.4 Å². The van der Waals surface area contributed by atoms with Gasteiger partial charge < -0.3 is 5.32 Å². The van der Waals surface area contributed by atoms with Gasteiger partial charge in [-0.1, -0.05) is 40.9 Å². The molecule has 26 heavy (non-hydrogen) atoms. The Hall–Kier alpha value is -1.26. The van der Waals surface area contributed by atoms with Gasteiger partial charge in [-0.15, -0.1) is 0 Å². The van der Waals surface area contributed by atoms with E-state index in [4.69, 9.17) is 34.8 Å². The number of carbonyl (C=O) groups is 1. The average molecular weight is 412 g/mol. The summed E-state index contributed by atoms with van der Waals surface area (Å²) >= 11 is 18.6. The second kappa shape index (κ2) is 8.62. The monoisotopic (exact) mass is 410 g/mol. The molecule has 1 aliphatic heterocycles. The van der Waals surface area contributed by atoms with Crippen molar-refractivity contribution in [2.24, 2.45) is 5.92 Å². The molecule has 1 heterocycles. The fourth-order valence-electron chi connectivity index (χ4n) is 3.32. The van der Waals surface area contributed by atoms with E-state index in [-0.39, 0.29) is 11.8 Å². The van der Waals surface area contributed by atoms with Crippen molar-refractivity contribution < 1.29 is 4.79 Å². The molecule has 6 heteroatoms. The van der Waals surface area contributed by atoms with Gasteiger partial charge in [0.2, 0.25) is 5.91 Å². The number of aryl methyl sites for hydroxylation is 1. The molecule has 1 amide bonds. The number of rotatable bonds is 4. The number of amides is 1. The zero-order valence-corrected chi connectivity index (χ0v) is 16.8. The topological polar surface area (TPSA) is 32.3 Å². The molecule has 0 radical (unpaired) electrons. The van der Waals surface area contributed by atoms with Crippen molar-refractivity contribution in [1.29, 1.82) is 0 Å². The molecular weight excluding hydrogens is 391 g/mol. The van der Waals surface area contributed by atoms with Crippen LogP contribution in [0.1, 0.15) is 24.0 Å². The van der Waals surface area contributed by atoms with Crippen molar-refractivity contribution in [3.05, 3.63) is 62.6 Å². The Kier molecular flexibility index (Phi) is 6.46. The molecule has 0 spiro atoms. The molecule has 1 N–H and O–H groups in total. The molecule has 2 aromatic carbocycles. The van der Waals surface area contributed by atoms with E-state index in [0.717, 1.165) is 36.2 Å². The highest BCUT2D eigenvalue weighted by molar-refractivity contribution is 6.36. The number of carbonyl (C=O) groups excluding carboxylic acids is 1. The molecule has 0 bridgehead atoms. The fraction of sp³-hybridized carbons (Fsp3) is 0.350. The maximum absolute atomic E-state index is 12.7. The summed E-state index contributed by atoms with van der Waals surface area (Å²) in [4.78, 5) is 15.0. The summed E-state index contributed by atoms with van der Waals surface area (Å²) in [6, 6.07) is 11.0. The van der Waals surface area contributed by atoms with Crippen LogP contribution in [0.4, 0.5) is 5.69 Å². The van der Waals surface area contributed by atoms with Gasteiger partial charge in [-0.2, -0.15) is 0 Å². The smallest absolute Gasteiger partial charge is 0.228 e. The lowest BCUT2D eigenvalue weighted by atomic mass is 9.96. The minimum atomic E-state index is -0.0555. The maximum Gasteiger partial charge on any atom is 0.228 e. The average Bonchev–Trinajstić information content (AvgIpc) is 2.61. The van der Waals surface area contributed by atoms with Gasteiger partial charge >= 0.3 is 0 Å². The molecule has 0 aliphatic carbocycles. The van der Waals surface area contributed by atoms with Gasteiger partial charge in [-0.05, 0) is 62.2 Å².